The maximum Gasteiger partial charge on any atom is 0.353 e. The fourth-order valence-corrected chi connectivity index (χ4v) is 3.99. The summed E-state index contributed by atoms with van der Waals surface area (Å²) in [5, 5.41) is 22.6. The Kier molecular flexibility index (Phi) is 4.50. The van der Waals surface area contributed by atoms with Crippen molar-refractivity contribution in [2.24, 2.45) is 0 Å². The summed E-state index contributed by atoms with van der Waals surface area (Å²) in [6.45, 7) is 0. The lowest BCUT2D eigenvalue weighted by atomic mass is 9.95. The van der Waals surface area contributed by atoms with Crippen LogP contribution in [0.3, 0.4) is 0 Å². The summed E-state index contributed by atoms with van der Waals surface area (Å²) in [6.07, 6.45) is 7.48. The fourth-order valence-electron chi connectivity index (χ4n) is 3.99. The van der Waals surface area contributed by atoms with Crippen LogP contribution in [-0.2, 0) is 0 Å². The van der Waals surface area contributed by atoms with Gasteiger partial charge in [-0.05, 0) is 36.6 Å². The van der Waals surface area contributed by atoms with Crippen molar-refractivity contribution in [1.82, 2.24) is 9.55 Å². The summed E-state index contributed by atoms with van der Waals surface area (Å²) < 4.78 is 16.0. The number of halogens is 1. The molecule has 1 saturated carbocycles. The molecule has 8 nitrogen and oxygen atoms in total. The maximum atomic E-state index is 13.9. The van der Waals surface area contributed by atoms with Gasteiger partial charge in [0.1, 0.15) is 5.82 Å². The number of fused-ring (bicyclic) bond motifs is 1. The third kappa shape index (κ3) is 3.08. The van der Waals surface area contributed by atoms with Crippen molar-refractivity contribution in [3.63, 3.8) is 0 Å². The van der Waals surface area contributed by atoms with Gasteiger partial charge in [0.05, 0.1) is 38.8 Å². The smallest absolute Gasteiger partial charge is 0.327 e. The minimum atomic E-state index is -0.943. The quantitative estimate of drug-likeness (QED) is 0.456. The number of hydrogen-bond acceptors (Lipinski definition) is 5. The second kappa shape index (κ2) is 6.99. The number of nitrogens with zero attached hydrogens (tertiary/aromatic N) is 4. The van der Waals surface area contributed by atoms with Crippen molar-refractivity contribution < 1.29 is 14.2 Å². The second-order valence-corrected chi connectivity index (χ2v) is 6.98. The van der Waals surface area contributed by atoms with Crippen LogP contribution < -0.4 is 0 Å². The molecule has 0 N–H and O–H groups in total. The molecule has 0 bridgehead atoms. The highest BCUT2D eigenvalue weighted by Crippen LogP contribution is 2.39. The average Bonchev–Trinajstić information content (AvgIpc) is 3.10. The van der Waals surface area contributed by atoms with Gasteiger partial charge in [0.2, 0.25) is 0 Å². The highest BCUT2D eigenvalue weighted by atomic mass is 19.1. The van der Waals surface area contributed by atoms with E-state index in [0.29, 0.717) is 23.2 Å². The zero-order valence-electron chi connectivity index (χ0n) is 14.9. The van der Waals surface area contributed by atoms with Crippen LogP contribution in [0.15, 0.2) is 36.7 Å². The number of nitro benzene ring substituents is 2. The maximum absolute atomic E-state index is 13.9. The van der Waals surface area contributed by atoms with Gasteiger partial charge in [0, 0.05) is 6.04 Å². The highest BCUT2D eigenvalue weighted by Gasteiger charge is 2.31. The molecule has 1 aromatic heterocycles. The molecular weight excluding hydrogens is 367 g/mol. The predicted octanol–water partition coefficient (Wildman–Crippen LogP) is 5.16. The van der Waals surface area contributed by atoms with Gasteiger partial charge in [-0.25, -0.2) is 9.37 Å². The number of imidazole rings is 1. The van der Waals surface area contributed by atoms with Gasteiger partial charge in [-0.15, -0.1) is 0 Å². The Labute approximate surface area is 158 Å². The molecule has 28 heavy (non-hydrogen) atoms. The number of hydrogen-bond donors (Lipinski definition) is 0. The Hall–Kier alpha value is -3.36. The molecule has 144 valence electrons. The molecule has 0 saturated heterocycles. The third-order valence-corrected chi connectivity index (χ3v) is 5.29. The molecule has 0 atom stereocenters. The Balaban J connectivity index is 1.84. The van der Waals surface area contributed by atoms with E-state index < -0.39 is 27.0 Å². The van der Waals surface area contributed by atoms with Crippen LogP contribution in [0.1, 0.15) is 38.1 Å². The Morgan fingerprint density at radius 2 is 1.79 bits per heavy atom. The van der Waals surface area contributed by atoms with Gasteiger partial charge in [0.15, 0.2) is 0 Å². The van der Waals surface area contributed by atoms with Gasteiger partial charge in [0.25, 0.3) is 0 Å². The molecule has 1 heterocycles. The minimum Gasteiger partial charge on any atom is -0.327 e. The van der Waals surface area contributed by atoms with Gasteiger partial charge >= 0.3 is 11.4 Å². The summed E-state index contributed by atoms with van der Waals surface area (Å²) in [7, 11) is 0. The molecule has 0 unspecified atom stereocenters. The molecule has 4 rings (SSSR count). The topological polar surface area (TPSA) is 104 Å². The van der Waals surface area contributed by atoms with Crippen LogP contribution in [0.2, 0.25) is 0 Å². The zero-order chi connectivity index (χ0) is 19.8. The molecular formula is C19H17FN4O4. The van der Waals surface area contributed by atoms with Crippen LogP contribution in [0.5, 0.6) is 0 Å². The first-order valence-corrected chi connectivity index (χ1v) is 9.05. The number of benzene rings is 2. The van der Waals surface area contributed by atoms with Gasteiger partial charge in [-0.1, -0.05) is 25.3 Å². The molecule has 1 aliphatic rings. The van der Waals surface area contributed by atoms with E-state index in [1.807, 2.05) is 0 Å². The molecule has 0 radical (unpaired) electrons. The van der Waals surface area contributed by atoms with E-state index >= 15 is 0 Å². The lowest BCUT2D eigenvalue weighted by Gasteiger charge is -2.23. The first kappa shape index (κ1) is 18.0. The molecule has 1 fully saturated rings. The van der Waals surface area contributed by atoms with Crippen molar-refractivity contribution in [2.75, 3.05) is 0 Å². The van der Waals surface area contributed by atoms with Gasteiger partial charge in [-0.3, -0.25) is 20.2 Å². The van der Waals surface area contributed by atoms with Crippen molar-refractivity contribution in [1.29, 1.82) is 0 Å². The minimum absolute atomic E-state index is 0.134. The molecule has 3 aromatic rings. The number of nitro groups is 2. The number of aromatic nitrogens is 2. The predicted molar refractivity (Wildman–Crippen MR) is 101 cm³/mol. The monoisotopic (exact) mass is 384 g/mol. The Bertz CT molecular complexity index is 1090. The lowest BCUT2D eigenvalue weighted by molar-refractivity contribution is -0.422. The van der Waals surface area contributed by atoms with Gasteiger partial charge < -0.3 is 4.57 Å². The van der Waals surface area contributed by atoms with E-state index in [0.717, 1.165) is 24.4 Å². The fraction of sp³-hybridized carbons (Fsp3) is 0.316. The molecule has 1 aliphatic carbocycles. The highest BCUT2D eigenvalue weighted by molar-refractivity contribution is 5.86. The van der Waals surface area contributed by atoms with E-state index in [4.69, 9.17) is 0 Å². The van der Waals surface area contributed by atoms with E-state index in [1.54, 1.807) is 24.5 Å². The normalized spacial score (nSPS) is 15.0. The summed E-state index contributed by atoms with van der Waals surface area (Å²) in [5.74, 6) is -0.903. The SMILES string of the molecule is O=[N+]([O-])c1cc(F)cc(-c2ccc3c(c2)ncn3C2CCCCC2)c1[N+](=O)[O-]. The molecule has 0 spiro atoms. The standard InChI is InChI=1S/C19H17FN4O4/c20-13-9-15(19(24(27)28)18(10-13)23(25)26)12-6-7-17-16(8-12)21-11-22(17)14-4-2-1-3-5-14/h6-11,14H,1-5H2. The molecule has 0 amide bonds. The van der Waals surface area contributed by atoms with Crippen LogP contribution in [-0.4, -0.2) is 19.4 Å². The second-order valence-electron chi connectivity index (χ2n) is 6.98. The van der Waals surface area contributed by atoms with Crippen molar-refractivity contribution >= 4 is 22.4 Å². The van der Waals surface area contributed by atoms with E-state index in [-0.39, 0.29) is 5.56 Å². The summed E-state index contributed by atoms with van der Waals surface area (Å²) in [6, 6.07) is 6.90. The number of rotatable bonds is 4. The summed E-state index contributed by atoms with van der Waals surface area (Å²) in [4.78, 5) is 25.2. The lowest BCUT2D eigenvalue weighted by Crippen LogP contribution is -2.11. The van der Waals surface area contributed by atoms with Crippen LogP contribution >= 0.6 is 0 Å². The third-order valence-electron chi connectivity index (χ3n) is 5.29. The average molecular weight is 384 g/mol. The van der Waals surface area contributed by atoms with Crippen LogP contribution in [0.4, 0.5) is 15.8 Å². The van der Waals surface area contributed by atoms with Crippen LogP contribution in [0, 0.1) is 26.0 Å². The van der Waals surface area contributed by atoms with E-state index in [2.05, 4.69) is 9.55 Å². The molecule has 9 heteroatoms. The van der Waals surface area contributed by atoms with Crippen LogP contribution in [0.25, 0.3) is 22.2 Å². The Morgan fingerprint density at radius 1 is 1.04 bits per heavy atom. The van der Waals surface area contributed by atoms with Gasteiger partial charge in [-0.2, -0.15) is 0 Å². The largest absolute Gasteiger partial charge is 0.353 e. The van der Waals surface area contributed by atoms with Crippen molar-refractivity contribution in [3.8, 4) is 11.1 Å². The van der Waals surface area contributed by atoms with E-state index in [1.165, 1.54) is 19.3 Å². The van der Waals surface area contributed by atoms with Crippen molar-refractivity contribution in [2.45, 2.75) is 38.1 Å². The zero-order valence-corrected chi connectivity index (χ0v) is 14.9. The summed E-state index contributed by atoms with van der Waals surface area (Å²) >= 11 is 0. The first-order valence-electron chi connectivity index (χ1n) is 9.05. The molecule has 0 aliphatic heterocycles. The first-order chi connectivity index (χ1) is 13.5. The summed E-state index contributed by atoms with van der Waals surface area (Å²) in [5.41, 5.74) is 0.0975. The molecule has 2 aromatic carbocycles. The Morgan fingerprint density at radius 3 is 2.46 bits per heavy atom. The van der Waals surface area contributed by atoms with Crippen molar-refractivity contribution in [3.05, 3.63) is 62.7 Å². The van der Waals surface area contributed by atoms with E-state index in [9.17, 15) is 24.6 Å².